The van der Waals surface area contributed by atoms with Crippen LogP contribution in [-0.2, 0) is 0 Å². The first kappa shape index (κ1) is 22.2. The van der Waals surface area contributed by atoms with Gasteiger partial charge >= 0.3 is 0 Å². The molecule has 0 fully saturated rings. The zero-order valence-corrected chi connectivity index (χ0v) is 30.4. The van der Waals surface area contributed by atoms with Gasteiger partial charge in [0.15, 0.2) is 0 Å². The number of rotatable bonds is 3. The van der Waals surface area contributed by atoms with E-state index in [9.17, 15) is 0 Å². The van der Waals surface area contributed by atoms with Gasteiger partial charge in [0, 0.05) is 37.7 Å². The summed E-state index contributed by atoms with van der Waals surface area (Å²) in [4.78, 5) is 0. The molecular formula is C56H32O2. The maximum atomic E-state index is 9.16. The van der Waals surface area contributed by atoms with Crippen LogP contribution in [-0.4, -0.2) is 0 Å². The van der Waals surface area contributed by atoms with Gasteiger partial charge in [0.1, 0.15) is 22.3 Å². The van der Waals surface area contributed by atoms with E-state index in [1.54, 1.807) is 0 Å². The third-order valence-electron chi connectivity index (χ3n) is 11.5. The van der Waals surface area contributed by atoms with Crippen LogP contribution in [0.4, 0.5) is 0 Å². The van der Waals surface area contributed by atoms with Crippen LogP contribution in [0.2, 0.25) is 0 Å². The molecule has 2 aromatic heterocycles. The average Bonchev–Trinajstić information content (AvgIpc) is 3.96. The van der Waals surface area contributed by atoms with Crippen molar-refractivity contribution in [2.75, 3.05) is 0 Å². The molecule has 0 spiro atoms. The Bertz CT molecular complexity index is 4500. The van der Waals surface area contributed by atoms with Gasteiger partial charge in [-0.2, -0.15) is 0 Å². The van der Waals surface area contributed by atoms with E-state index >= 15 is 0 Å². The Hall–Kier alpha value is -7.68. The zero-order valence-electron chi connectivity index (χ0n) is 42.4. The molecular weight excluding hydrogens is 705 g/mol. The molecule has 0 atom stereocenters. The summed E-state index contributed by atoms with van der Waals surface area (Å²) >= 11 is 0. The summed E-state index contributed by atoms with van der Waals surface area (Å²) in [6.07, 6.45) is 0. The van der Waals surface area contributed by atoms with Gasteiger partial charge in [-0.3, -0.25) is 0 Å². The summed E-state index contributed by atoms with van der Waals surface area (Å²) < 4.78 is 117. The van der Waals surface area contributed by atoms with Crippen molar-refractivity contribution in [2.45, 2.75) is 0 Å². The molecule has 13 aromatic rings. The second-order valence-corrected chi connectivity index (χ2v) is 14.6. The van der Waals surface area contributed by atoms with Crippen molar-refractivity contribution >= 4 is 97.7 Å². The first-order chi connectivity index (χ1) is 33.8. The SMILES string of the molecule is [2H]c1c([2H])c([2H])c2c(c1[2H])c([2H])c([2H])c1c3cc(-c4c5ccccc5c(-c5ccc(-c6cc7c(oc8c9c([2H])c([2H])c([2H])c([2H])c9c([2H])c([2H])c78)c7ccccc67)cc5)c5ccccc45)ccc3oc21. The molecule has 268 valence electrons. The minimum absolute atomic E-state index is 0.0491. The summed E-state index contributed by atoms with van der Waals surface area (Å²) in [5.74, 6) is 0. The third kappa shape index (κ3) is 4.43. The molecule has 0 aliphatic carbocycles. The molecule has 11 aromatic carbocycles. The molecule has 2 heterocycles. The van der Waals surface area contributed by atoms with Gasteiger partial charge in [-0.05, 0) is 101 Å². The predicted octanol–water partition coefficient (Wildman–Crippen LogP) is 16.3. The van der Waals surface area contributed by atoms with E-state index in [0.29, 0.717) is 32.7 Å². The number of hydrogen-bond acceptors (Lipinski definition) is 2. The standard InChI is InChI=1S/C56H32O2/c1-3-13-38-33(11-1)25-28-46-49-31-37(27-30-51(49)57-54(38)46)53-43-18-8-6-16-41(43)52(42-17-7-9-19-44(42)53)36-23-21-35(22-24-36)48-32-50-47-29-26-34-12-2-4-14-39(34)55(47)58-56(50)45-20-10-5-15-40(45)48/h1-32H/i1D,2D,3D,4D,11D,12D,13D,14D,25D,26D,28D,29D. The van der Waals surface area contributed by atoms with Gasteiger partial charge in [-0.25, -0.2) is 0 Å². The van der Waals surface area contributed by atoms with Crippen LogP contribution in [0, 0.1) is 0 Å². The van der Waals surface area contributed by atoms with E-state index < -0.39 is 24.2 Å². The summed E-state index contributed by atoms with van der Waals surface area (Å²) in [6.45, 7) is 0. The van der Waals surface area contributed by atoms with Gasteiger partial charge in [0.2, 0.25) is 0 Å². The van der Waals surface area contributed by atoms with E-state index in [2.05, 4.69) is 48.5 Å². The van der Waals surface area contributed by atoms with Gasteiger partial charge in [0.25, 0.3) is 0 Å². The smallest absolute Gasteiger partial charge is 0.143 e. The van der Waals surface area contributed by atoms with Crippen molar-refractivity contribution < 1.29 is 25.3 Å². The van der Waals surface area contributed by atoms with E-state index in [1.165, 1.54) is 0 Å². The first-order valence-corrected chi connectivity index (χ1v) is 18.9. The number of benzene rings is 11. The van der Waals surface area contributed by atoms with Crippen molar-refractivity contribution in [3.63, 3.8) is 0 Å². The molecule has 0 N–H and O–H groups in total. The molecule has 0 saturated heterocycles. The van der Waals surface area contributed by atoms with Crippen LogP contribution < -0.4 is 0 Å². The fraction of sp³-hybridized carbons (Fsp3) is 0. The maximum absolute atomic E-state index is 9.16. The second-order valence-electron chi connectivity index (χ2n) is 14.6. The second kappa shape index (κ2) is 11.9. The molecule has 0 saturated carbocycles. The van der Waals surface area contributed by atoms with Gasteiger partial charge < -0.3 is 8.83 Å². The monoisotopic (exact) mass is 748 g/mol. The maximum Gasteiger partial charge on any atom is 0.143 e. The fourth-order valence-corrected chi connectivity index (χ4v) is 8.98. The van der Waals surface area contributed by atoms with Gasteiger partial charge in [-0.1, -0.05) is 164 Å². The Labute approximate surface area is 349 Å². The van der Waals surface area contributed by atoms with Crippen LogP contribution in [0.1, 0.15) is 16.4 Å². The predicted molar refractivity (Wildman–Crippen MR) is 245 cm³/mol. The van der Waals surface area contributed by atoms with Crippen LogP contribution in [0.5, 0.6) is 0 Å². The lowest BCUT2D eigenvalue weighted by Crippen LogP contribution is -1.91. The summed E-state index contributed by atoms with van der Waals surface area (Å²) in [6, 6.07) is 35.9. The van der Waals surface area contributed by atoms with Gasteiger partial charge in [0.05, 0.1) is 16.4 Å². The lowest BCUT2D eigenvalue weighted by atomic mass is 9.85. The largest absolute Gasteiger partial charge is 0.455 e. The summed E-state index contributed by atoms with van der Waals surface area (Å²) in [5, 5.41) is 7.36. The molecule has 0 amide bonds. The molecule has 0 radical (unpaired) electrons. The minimum atomic E-state index is -0.469. The Morgan fingerprint density at radius 2 is 0.793 bits per heavy atom. The van der Waals surface area contributed by atoms with Crippen LogP contribution in [0.15, 0.2) is 203 Å². The number of hydrogen-bond donors (Lipinski definition) is 0. The highest BCUT2D eigenvalue weighted by Gasteiger charge is 2.20. The van der Waals surface area contributed by atoms with Crippen LogP contribution in [0.25, 0.3) is 131 Å². The molecule has 0 aliphatic heterocycles. The highest BCUT2D eigenvalue weighted by atomic mass is 16.3. The Morgan fingerprint density at radius 1 is 0.310 bits per heavy atom. The average molecular weight is 749 g/mol. The molecule has 0 bridgehead atoms. The quantitative estimate of drug-likeness (QED) is 0.168. The lowest BCUT2D eigenvalue weighted by Gasteiger charge is -2.18. The summed E-state index contributed by atoms with van der Waals surface area (Å²) in [7, 11) is 0. The van der Waals surface area contributed by atoms with Crippen LogP contribution in [0.3, 0.4) is 0 Å². The van der Waals surface area contributed by atoms with Crippen molar-refractivity contribution in [1.82, 2.24) is 0 Å². The molecule has 2 nitrogen and oxygen atoms in total. The molecule has 13 rings (SSSR count). The first-order valence-electron chi connectivity index (χ1n) is 24.9. The highest BCUT2D eigenvalue weighted by molar-refractivity contribution is 6.24. The van der Waals surface area contributed by atoms with Crippen molar-refractivity contribution in [2.24, 2.45) is 0 Å². The zero-order chi connectivity index (χ0) is 48.3. The molecule has 2 heteroatoms. The van der Waals surface area contributed by atoms with Crippen molar-refractivity contribution in [3.05, 3.63) is 194 Å². The normalized spacial score (nSPS) is 15.0. The molecule has 0 unspecified atom stereocenters. The van der Waals surface area contributed by atoms with Gasteiger partial charge in [-0.15, -0.1) is 0 Å². The van der Waals surface area contributed by atoms with E-state index in [1.807, 2.05) is 72.8 Å². The lowest BCUT2D eigenvalue weighted by molar-refractivity contribution is 0.672. The van der Waals surface area contributed by atoms with Crippen LogP contribution >= 0.6 is 0 Å². The van der Waals surface area contributed by atoms with E-state index in [0.717, 1.165) is 65.7 Å². The Morgan fingerprint density at radius 3 is 1.43 bits per heavy atom. The van der Waals surface area contributed by atoms with Crippen molar-refractivity contribution in [3.8, 4) is 33.4 Å². The number of furan rings is 2. The highest BCUT2D eigenvalue weighted by Crippen LogP contribution is 2.46. The third-order valence-corrected chi connectivity index (χ3v) is 11.5. The van der Waals surface area contributed by atoms with E-state index in [-0.39, 0.29) is 81.1 Å². The Balaban J connectivity index is 1.00. The summed E-state index contributed by atoms with van der Waals surface area (Å²) in [5.41, 5.74) is 6.67. The fourth-order valence-electron chi connectivity index (χ4n) is 8.98. The number of fused-ring (bicyclic) bond motifs is 14. The van der Waals surface area contributed by atoms with E-state index in [4.69, 9.17) is 25.3 Å². The Kier molecular flexibility index (Phi) is 4.55. The minimum Gasteiger partial charge on any atom is -0.455 e. The van der Waals surface area contributed by atoms with Crippen molar-refractivity contribution in [1.29, 1.82) is 0 Å². The molecule has 0 aliphatic rings. The molecule has 58 heavy (non-hydrogen) atoms. The topological polar surface area (TPSA) is 26.3 Å².